The third kappa shape index (κ3) is 5.03. The van der Waals surface area contributed by atoms with E-state index in [9.17, 15) is 5.11 Å². The number of methoxy groups -OCH3 is 1. The molecule has 1 aromatic carbocycles. The van der Waals surface area contributed by atoms with Gasteiger partial charge in [0, 0.05) is 0 Å². The number of aliphatic hydroxyl groups is 1. The molecule has 0 heterocycles. The summed E-state index contributed by atoms with van der Waals surface area (Å²) in [4.78, 5) is 0. The lowest BCUT2D eigenvalue weighted by molar-refractivity contribution is 0.0475. The summed E-state index contributed by atoms with van der Waals surface area (Å²) in [5.74, 6) is 0.823. The van der Waals surface area contributed by atoms with Crippen LogP contribution in [0.15, 0.2) is 24.3 Å². The lowest BCUT2D eigenvalue weighted by Crippen LogP contribution is -2.40. The summed E-state index contributed by atoms with van der Waals surface area (Å²) < 4.78 is 3.44. The minimum atomic E-state index is -1.66. The summed E-state index contributed by atoms with van der Waals surface area (Å²) in [7, 11) is 1.63. The summed E-state index contributed by atoms with van der Waals surface area (Å²) in [5.41, 5.74) is 0.677. The highest BCUT2D eigenvalue weighted by Gasteiger charge is 2.41. The molecule has 0 aliphatic heterocycles. The Labute approximate surface area is 129 Å². The third-order valence-electron chi connectivity index (χ3n) is 3.27. The van der Waals surface area contributed by atoms with Gasteiger partial charge in [0.05, 0.1) is 7.11 Å². The number of halogens is 3. The van der Waals surface area contributed by atoms with Gasteiger partial charge in [-0.3, -0.25) is 0 Å². The molecule has 0 amide bonds. The summed E-state index contributed by atoms with van der Waals surface area (Å²) in [6.45, 7) is 3.78. The van der Waals surface area contributed by atoms with Crippen molar-refractivity contribution < 1.29 is 9.84 Å². The molecule has 0 fully saturated rings. The SMILES string of the molecule is COc1ccc(CCC(C)(C)C(O)C(Cl)(Cl)Cl)cc1. The van der Waals surface area contributed by atoms with Crippen LogP contribution in [0.2, 0.25) is 0 Å². The van der Waals surface area contributed by atoms with Gasteiger partial charge in [-0.2, -0.15) is 0 Å². The Morgan fingerprint density at radius 3 is 2.11 bits per heavy atom. The molecule has 2 nitrogen and oxygen atoms in total. The number of rotatable bonds is 5. The van der Waals surface area contributed by atoms with Crippen LogP contribution in [0.1, 0.15) is 25.8 Å². The summed E-state index contributed by atoms with van der Waals surface area (Å²) in [6, 6.07) is 7.81. The highest BCUT2D eigenvalue weighted by atomic mass is 35.6. The molecule has 108 valence electrons. The molecule has 0 saturated heterocycles. The fourth-order valence-electron chi connectivity index (χ4n) is 1.84. The maximum Gasteiger partial charge on any atom is 0.216 e. The van der Waals surface area contributed by atoms with Crippen molar-refractivity contribution in [1.82, 2.24) is 0 Å². The van der Waals surface area contributed by atoms with Gasteiger partial charge in [-0.25, -0.2) is 0 Å². The monoisotopic (exact) mass is 324 g/mol. The van der Waals surface area contributed by atoms with Crippen LogP contribution in [-0.4, -0.2) is 22.1 Å². The van der Waals surface area contributed by atoms with Gasteiger partial charge in [-0.05, 0) is 36.0 Å². The number of hydrogen-bond acceptors (Lipinski definition) is 2. The van der Waals surface area contributed by atoms with Gasteiger partial charge in [0.1, 0.15) is 11.9 Å². The fourth-order valence-corrected chi connectivity index (χ4v) is 2.72. The molecule has 5 heteroatoms. The second kappa shape index (κ2) is 6.53. The van der Waals surface area contributed by atoms with Crippen molar-refractivity contribution >= 4 is 34.8 Å². The zero-order valence-corrected chi connectivity index (χ0v) is 13.6. The van der Waals surface area contributed by atoms with Crippen molar-refractivity contribution in [3.8, 4) is 5.75 Å². The Kier molecular flexibility index (Phi) is 5.81. The number of aliphatic hydroxyl groups excluding tert-OH is 1. The number of ether oxygens (including phenoxy) is 1. The maximum atomic E-state index is 10.1. The predicted octanol–water partition coefficient (Wildman–Crippen LogP) is 4.39. The Morgan fingerprint density at radius 2 is 1.68 bits per heavy atom. The van der Waals surface area contributed by atoms with Crippen LogP contribution in [0.5, 0.6) is 5.75 Å². The predicted molar refractivity (Wildman–Crippen MR) is 81.4 cm³/mol. The van der Waals surface area contributed by atoms with E-state index in [4.69, 9.17) is 39.5 Å². The molecule has 0 spiro atoms. The molecule has 0 aromatic heterocycles. The Morgan fingerprint density at radius 1 is 1.16 bits per heavy atom. The Bertz CT molecular complexity index is 396. The highest BCUT2D eigenvalue weighted by molar-refractivity contribution is 6.68. The Hall–Kier alpha value is -0.150. The van der Waals surface area contributed by atoms with Crippen LogP contribution < -0.4 is 4.74 Å². The standard InChI is InChI=1S/C14H19Cl3O2/c1-13(2,12(18)14(15,16)17)9-8-10-4-6-11(19-3)7-5-10/h4-7,12,18H,8-9H2,1-3H3. The van der Waals surface area contributed by atoms with Crippen LogP contribution >= 0.6 is 34.8 Å². The van der Waals surface area contributed by atoms with Crippen LogP contribution in [0.25, 0.3) is 0 Å². The molecule has 0 bridgehead atoms. The van der Waals surface area contributed by atoms with Gasteiger partial charge < -0.3 is 9.84 Å². The van der Waals surface area contributed by atoms with Crippen molar-refractivity contribution in [2.75, 3.05) is 7.11 Å². The van der Waals surface area contributed by atoms with Gasteiger partial charge in [-0.1, -0.05) is 60.8 Å². The van der Waals surface area contributed by atoms with E-state index in [1.54, 1.807) is 7.11 Å². The average molecular weight is 326 g/mol. The molecule has 1 N–H and O–H groups in total. The number of alkyl halides is 3. The zero-order chi connectivity index (χ0) is 14.7. The molecule has 0 aliphatic rings. The minimum absolute atomic E-state index is 0.481. The van der Waals surface area contributed by atoms with E-state index in [-0.39, 0.29) is 0 Å². The van der Waals surface area contributed by atoms with Gasteiger partial charge >= 0.3 is 0 Å². The topological polar surface area (TPSA) is 29.5 Å². The molecule has 0 aliphatic carbocycles. The highest BCUT2D eigenvalue weighted by Crippen LogP contribution is 2.41. The van der Waals surface area contributed by atoms with Crippen molar-refractivity contribution in [3.63, 3.8) is 0 Å². The van der Waals surface area contributed by atoms with E-state index in [0.717, 1.165) is 17.7 Å². The first kappa shape index (κ1) is 16.9. The smallest absolute Gasteiger partial charge is 0.216 e. The number of hydrogen-bond donors (Lipinski definition) is 1. The molecule has 1 aromatic rings. The van der Waals surface area contributed by atoms with E-state index in [1.165, 1.54) is 0 Å². The third-order valence-corrected chi connectivity index (χ3v) is 3.89. The molecular weight excluding hydrogens is 307 g/mol. The lowest BCUT2D eigenvalue weighted by atomic mass is 9.81. The van der Waals surface area contributed by atoms with Crippen LogP contribution in [0.4, 0.5) is 0 Å². The fraction of sp³-hybridized carbons (Fsp3) is 0.571. The maximum absolute atomic E-state index is 10.1. The lowest BCUT2D eigenvalue weighted by Gasteiger charge is -2.34. The van der Waals surface area contributed by atoms with E-state index < -0.39 is 15.3 Å². The van der Waals surface area contributed by atoms with Crippen molar-refractivity contribution in [1.29, 1.82) is 0 Å². The van der Waals surface area contributed by atoms with Gasteiger partial charge in [0.25, 0.3) is 0 Å². The van der Waals surface area contributed by atoms with E-state index >= 15 is 0 Å². The second-order valence-electron chi connectivity index (χ2n) is 5.28. The van der Waals surface area contributed by atoms with Crippen LogP contribution in [0, 0.1) is 5.41 Å². The van der Waals surface area contributed by atoms with Crippen LogP contribution in [-0.2, 0) is 6.42 Å². The normalized spacial score (nSPS) is 14.3. The largest absolute Gasteiger partial charge is 0.497 e. The van der Waals surface area contributed by atoms with E-state index in [1.807, 2.05) is 38.1 Å². The average Bonchev–Trinajstić information content (AvgIpc) is 2.35. The number of aryl methyl sites for hydroxylation is 1. The molecule has 0 saturated carbocycles. The molecule has 1 rings (SSSR count). The van der Waals surface area contributed by atoms with Gasteiger partial charge in [0.15, 0.2) is 0 Å². The van der Waals surface area contributed by atoms with Crippen molar-refractivity contribution in [3.05, 3.63) is 29.8 Å². The number of benzene rings is 1. The molecule has 19 heavy (non-hydrogen) atoms. The minimum Gasteiger partial charge on any atom is -0.497 e. The van der Waals surface area contributed by atoms with E-state index in [0.29, 0.717) is 6.42 Å². The van der Waals surface area contributed by atoms with Crippen LogP contribution in [0.3, 0.4) is 0 Å². The quantitative estimate of drug-likeness (QED) is 0.814. The molecule has 1 atom stereocenters. The molecule has 1 unspecified atom stereocenters. The first-order valence-electron chi connectivity index (χ1n) is 6.04. The second-order valence-corrected chi connectivity index (χ2v) is 7.65. The Balaban J connectivity index is 2.64. The molecule has 0 radical (unpaired) electrons. The van der Waals surface area contributed by atoms with Crippen molar-refractivity contribution in [2.24, 2.45) is 5.41 Å². The summed E-state index contributed by atoms with van der Waals surface area (Å²) in [5, 5.41) is 10.1. The van der Waals surface area contributed by atoms with Crippen molar-refractivity contribution in [2.45, 2.75) is 36.6 Å². The van der Waals surface area contributed by atoms with Gasteiger partial charge in [-0.15, -0.1) is 0 Å². The summed E-state index contributed by atoms with van der Waals surface area (Å²) in [6.07, 6.45) is 0.506. The first-order chi connectivity index (χ1) is 8.66. The van der Waals surface area contributed by atoms with E-state index in [2.05, 4.69) is 0 Å². The molecular formula is C14H19Cl3O2. The zero-order valence-electron chi connectivity index (χ0n) is 11.3. The first-order valence-corrected chi connectivity index (χ1v) is 7.18. The van der Waals surface area contributed by atoms with Gasteiger partial charge in [0.2, 0.25) is 3.79 Å². The summed E-state index contributed by atoms with van der Waals surface area (Å²) >= 11 is 17.3.